The molecule has 0 bridgehead atoms. The lowest BCUT2D eigenvalue weighted by Crippen LogP contribution is -3.00. The molecule has 1 aromatic heterocycles. The average molecular weight is 1120 g/mol. The van der Waals surface area contributed by atoms with Crippen molar-refractivity contribution in [3.63, 3.8) is 0 Å². The molecule has 0 amide bonds. The van der Waals surface area contributed by atoms with E-state index in [0.717, 1.165) is 49.1 Å². The van der Waals surface area contributed by atoms with Gasteiger partial charge >= 0.3 is 5.97 Å². The molecular formula is C51H91Br3ClN4O5-. The van der Waals surface area contributed by atoms with Gasteiger partial charge in [-0.25, -0.2) is 9.78 Å². The summed E-state index contributed by atoms with van der Waals surface area (Å²) in [4.78, 5) is 39.6. The molecule has 13 heteroatoms. The Balaban J connectivity index is -0.000000381. The fraction of sp³-hybridized carbons (Fsp3) is 0.725. The third-order valence-corrected chi connectivity index (χ3v) is 11.3. The van der Waals surface area contributed by atoms with Crippen LogP contribution in [0.3, 0.4) is 0 Å². The SMILES string of the molecule is C=CC(=O)CCCCCCCCCCCCBr.C=CC(=O)Cl.C=CC(=O)OCCCCCCCCCCCN1C=CN(C)C1.Cn1ccnc1.OCCCCCCCCCCCBr.[Br-]. The fourth-order valence-electron chi connectivity index (χ4n) is 6.30. The molecule has 1 N–H and O–H groups in total. The van der Waals surface area contributed by atoms with Crippen LogP contribution in [0.1, 0.15) is 186 Å². The molecule has 0 aromatic carbocycles. The Kier molecular flexibility index (Phi) is 63.8. The standard InChI is InChI=1S/C18H32N2O2.C15H27BrO.C11H23BrO.C4H6N2.C3H3ClO.BrH/c1-3-18(21)22-16-12-10-8-6-4-5-7-9-11-13-20-15-14-19(2)17-20;1-2-15(17)13-11-9-7-5-3-4-6-8-10-12-14-16;12-10-8-6-4-2-1-3-5-7-9-11-13;1-6-3-2-5-4-6;1-2-3(4)5;/h3,14-15H,1,4-13,16-17H2,2H3;2H,1,3-14H2;13H,1-11H2;2-4H,1H3;2H,1H2;1H/p-1. The van der Waals surface area contributed by atoms with Crippen LogP contribution in [0.2, 0.25) is 0 Å². The van der Waals surface area contributed by atoms with Crippen molar-refractivity contribution in [2.75, 3.05) is 44.1 Å². The van der Waals surface area contributed by atoms with E-state index in [9.17, 15) is 14.4 Å². The Hall–Kier alpha value is -1.73. The normalized spacial score (nSPS) is 11.0. The Labute approximate surface area is 424 Å². The number of carbonyl (C=O) groups is 3. The summed E-state index contributed by atoms with van der Waals surface area (Å²) in [6.45, 7) is 13.1. The van der Waals surface area contributed by atoms with Gasteiger partial charge in [-0.1, -0.05) is 193 Å². The summed E-state index contributed by atoms with van der Waals surface area (Å²) in [5, 5.41) is 10.4. The second-order valence-electron chi connectivity index (χ2n) is 16.0. The lowest BCUT2D eigenvalue weighted by Gasteiger charge is -2.17. The summed E-state index contributed by atoms with van der Waals surface area (Å²) in [5.74, 6) is -0.118. The van der Waals surface area contributed by atoms with Crippen LogP contribution in [0.15, 0.2) is 69.1 Å². The van der Waals surface area contributed by atoms with E-state index in [4.69, 9.17) is 21.4 Å². The number of aliphatic hydroxyl groups is 1. The highest BCUT2D eigenvalue weighted by atomic mass is 79.9. The van der Waals surface area contributed by atoms with E-state index in [2.05, 4.69) is 85.8 Å². The molecule has 2 heterocycles. The van der Waals surface area contributed by atoms with Crippen molar-refractivity contribution in [2.24, 2.45) is 7.05 Å². The van der Waals surface area contributed by atoms with E-state index in [-0.39, 0.29) is 28.7 Å². The zero-order valence-corrected chi connectivity index (χ0v) is 45.9. The largest absolute Gasteiger partial charge is 1.00 e. The number of hydrogen-bond donors (Lipinski definition) is 1. The van der Waals surface area contributed by atoms with Crippen molar-refractivity contribution in [3.05, 3.63) is 69.1 Å². The van der Waals surface area contributed by atoms with E-state index in [1.54, 1.807) is 12.5 Å². The zero-order chi connectivity index (χ0) is 47.3. The third kappa shape index (κ3) is 62.4. The number of aliphatic hydroxyl groups excluding tert-OH is 1. The fourth-order valence-corrected chi connectivity index (χ4v) is 7.09. The topological polar surface area (TPSA) is 105 Å². The number of alkyl halides is 2. The van der Waals surface area contributed by atoms with Crippen LogP contribution in [-0.4, -0.2) is 85.6 Å². The van der Waals surface area contributed by atoms with Crippen LogP contribution in [0.5, 0.6) is 0 Å². The van der Waals surface area contributed by atoms with Gasteiger partial charge in [-0.2, -0.15) is 0 Å². The van der Waals surface area contributed by atoms with E-state index < -0.39 is 5.24 Å². The Morgan fingerprint density at radius 2 is 1.06 bits per heavy atom. The lowest BCUT2D eigenvalue weighted by molar-refractivity contribution is -0.137. The number of unbranched alkanes of at least 4 members (excludes halogenated alkanes) is 25. The van der Waals surface area contributed by atoms with Gasteiger partial charge in [0.15, 0.2) is 5.78 Å². The Bertz CT molecular complexity index is 1180. The van der Waals surface area contributed by atoms with Crippen molar-refractivity contribution < 1.29 is 41.2 Å². The second kappa shape index (κ2) is 59.3. The zero-order valence-electron chi connectivity index (χ0n) is 40.4. The summed E-state index contributed by atoms with van der Waals surface area (Å²) in [6.07, 6.45) is 50.2. The number of imidazole rings is 1. The highest BCUT2D eigenvalue weighted by molar-refractivity contribution is 9.09. The van der Waals surface area contributed by atoms with Gasteiger partial charge in [-0.15, -0.1) is 0 Å². The molecule has 2 rings (SSSR count). The first-order valence-electron chi connectivity index (χ1n) is 24.1. The van der Waals surface area contributed by atoms with Crippen molar-refractivity contribution in [1.29, 1.82) is 0 Å². The van der Waals surface area contributed by atoms with Crippen LogP contribution >= 0.6 is 43.5 Å². The first-order chi connectivity index (χ1) is 30.6. The smallest absolute Gasteiger partial charge is 0.330 e. The first-order valence-corrected chi connectivity index (χ1v) is 26.8. The maximum Gasteiger partial charge on any atom is 0.330 e. The number of rotatable bonds is 37. The van der Waals surface area contributed by atoms with Crippen LogP contribution in [0, 0.1) is 0 Å². The number of nitrogens with zero attached hydrogens (tertiary/aromatic N) is 4. The maximum absolute atomic E-state index is 11.0. The number of hydrogen-bond acceptors (Lipinski definition) is 8. The van der Waals surface area contributed by atoms with Gasteiger partial charge in [0.25, 0.3) is 0 Å². The summed E-state index contributed by atoms with van der Waals surface area (Å²) < 4.78 is 6.83. The molecule has 0 fully saturated rings. The molecule has 1 aromatic rings. The summed E-state index contributed by atoms with van der Waals surface area (Å²) in [6, 6.07) is 0. The van der Waals surface area contributed by atoms with Gasteiger partial charge in [0, 0.05) is 75.2 Å². The van der Waals surface area contributed by atoms with Crippen molar-refractivity contribution >= 4 is 60.5 Å². The van der Waals surface area contributed by atoms with Gasteiger partial charge in [0.05, 0.1) is 19.6 Å². The maximum atomic E-state index is 11.0. The number of carbonyl (C=O) groups excluding carboxylic acids is 3. The van der Waals surface area contributed by atoms with Gasteiger partial charge in [0.2, 0.25) is 5.24 Å². The predicted molar refractivity (Wildman–Crippen MR) is 278 cm³/mol. The minimum absolute atomic E-state index is 0. The molecule has 0 unspecified atom stereocenters. The monoisotopic (exact) mass is 1110 g/mol. The first kappa shape index (κ1) is 68.8. The number of allylic oxidation sites excluding steroid dienone is 2. The highest BCUT2D eigenvalue weighted by Crippen LogP contribution is 2.14. The van der Waals surface area contributed by atoms with E-state index in [0.29, 0.717) is 19.6 Å². The quantitative estimate of drug-likeness (QED) is 0.0231. The second-order valence-corrected chi connectivity index (χ2v) is 18.0. The Morgan fingerprint density at radius 1 is 0.641 bits per heavy atom. The number of ketones is 1. The number of esters is 1. The molecule has 0 saturated carbocycles. The molecule has 0 aliphatic carbocycles. The molecule has 0 atom stereocenters. The summed E-state index contributed by atoms with van der Waals surface area (Å²) in [5.41, 5.74) is 0. The summed E-state index contributed by atoms with van der Waals surface area (Å²) in [7, 11) is 4.05. The van der Waals surface area contributed by atoms with Crippen molar-refractivity contribution in [1.82, 2.24) is 19.4 Å². The van der Waals surface area contributed by atoms with E-state index in [1.807, 2.05) is 17.8 Å². The molecule has 1 aliphatic heterocycles. The molecule has 9 nitrogen and oxygen atoms in total. The predicted octanol–water partition coefficient (Wildman–Crippen LogP) is 11.6. The highest BCUT2D eigenvalue weighted by Gasteiger charge is 2.07. The minimum Gasteiger partial charge on any atom is -1.00 e. The third-order valence-electron chi connectivity index (χ3n) is 10.1. The number of aryl methyl sites for hydroxylation is 1. The van der Waals surface area contributed by atoms with Crippen LogP contribution in [-0.2, 0) is 26.2 Å². The molecule has 1 aliphatic rings. The van der Waals surface area contributed by atoms with E-state index in [1.165, 1.54) is 173 Å². The number of aromatic nitrogens is 2. The van der Waals surface area contributed by atoms with Gasteiger partial charge < -0.3 is 41.2 Å². The van der Waals surface area contributed by atoms with Crippen molar-refractivity contribution in [3.8, 4) is 0 Å². The van der Waals surface area contributed by atoms with Crippen LogP contribution in [0.25, 0.3) is 0 Å². The Morgan fingerprint density at radius 3 is 1.39 bits per heavy atom. The molecule has 0 saturated heterocycles. The molecular weight excluding hydrogens is 1020 g/mol. The van der Waals surface area contributed by atoms with E-state index >= 15 is 0 Å². The van der Waals surface area contributed by atoms with Crippen molar-refractivity contribution in [2.45, 2.75) is 186 Å². The summed E-state index contributed by atoms with van der Waals surface area (Å²) >= 11 is 11.6. The van der Waals surface area contributed by atoms with Gasteiger partial charge in [0.1, 0.15) is 0 Å². The number of halogens is 4. The van der Waals surface area contributed by atoms with Gasteiger partial charge in [-0.3, -0.25) is 9.59 Å². The minimum atomic E-state index is -0.509. The molecule has 64 heavy (non-hydrogen) atoms. The average Bonchev–Trinajstić information content (AvgIpc) is 3.95. The molecule has 0 radical (unpaired) electrons. The molecule has 374 valence electrons. The lowest BCUT2D eigenvalue weighted by atomic mass is 10.1. The number of ether oxygens (including phenoxy) is 1. The van der Waals surface area contributed by atoms with Crippen LogP contribution < -0.4 is 17.0 Å². The molecule has 0 spiro atoms. The van der Waals surface area contributed by atoms with Gasteiger partial charge in [-0.05, 0) is 62.3 Å². The van der Waals surface area contributed by atoms with Crippen LogP contribution in [0.4, 0.5) is 0 Å².